The second-order valence-corrected chi connectivity index (χ2v) is 4.74. The van der Waals surface area contributed by atoms with Gasteiger partial charge in [-0.1, -0.05) is 0 Å². The highest BCUT2D eigenvalue weighted by molar-refractivity contribution is 14.1. The van der Waals surface area contributed by atoms with Crippen LogP contribution in [-0.2, 0) is 0 Å². The molecule has 0 atom stereocenters. The van der Waals surface area contributed by atoms with Gasteiger partial charge in [-0.05, 0) is 57.3 Å². The minimum atomic E-state index is 0.832. The summed E-state index contributed by atoms with van der Waals surface area (Å²) in [5, 5.41) is 0. The lowest BCUT2D eigenvalue weighted by atomic mass is 10.3. The van der Waals surface area contributed by atoms with Crippen molar-refractivity contribution in [2.24, 2.45) is 0 Å². The second kappa shape index (κ2) is 4.18. The Morgan fingerprint density at radius 2 is 1.82 bits per heavy atom. The highest BCUT2D eigenvalue weighted by Crippen LogP contribution is 2.28. The van der Waals surface area contributed by atoms with E-state index in [2.05, 4.69) is 57.8 Å². The number of ether oxygens (including phenoxy) is 1. The van der Waals surface area contributed by atoms with Gasteiger partial charge < -0.3 is 4.74 Å². The molecule has 0 saturated heterocycles. The minimum absolute atomic E-state index is 0.832. The third-order valence-corrected chi connectivity index (χ3v) is 4.39. The van der Waals surface area contributed by atoms with Gasteiger partial charge in [-0.15, -0.1) is 12.6 Å². The van der Waals surface area contributed by atoms with E-state index >= 15 is 0 Å². The molecule has 0 spiro atoms. The van der Waals surface area contributed by atoms with Crippen molar-refractivity contribution in [3.8, 4) is 5.75 Å². The van der Waals surface area contributed by atoms with Gasteiger partial charge in [-0.2, -0.15) is 0 Å². The highest BCUT2D eigenvalue weighted by Gasteiger charge is 2.02. The fourth-order valence-corrected chi connectivity index (χ4v) is 2.12. The highest BCUT2D eigenvalue weighted by atomic mass is 127. The number of hydrogen-bond acceptors (Lipinski definition) is 2. The van der Waals surface area contributed by atoms with Gasteiger partial charge in [0, 0.05) is 12.0 Å². The lowest BCUT2D eigenvalue weighted by molar-refractivity contribution is 0.404. The molecule has 0 saturated carbocycles. The summed E-state index contributed by atoms with van der Waals surface area (Å²) >= 11 is 8.80. The average molecular weight is 392 g/mol. The zero-order valence-corrected chi connectivity index (χ0v) is 11.0. The maximum Gasteiger partial charge on any atom is 0.133 e. The van der Waals surface area contributed by atoms with Crippen LogP contribution in [0.4, 0.5) is 0 Å². The van der Waals surface area contributed by atoms with Gasteiger partial charge in [0.25, 0.3) is 0 Å². The summed E-state index contributed by atoms with van der Waals surface area (Å²) in [4.78, 5) is 0.886. The van der Waals surface area contributed by atoms with Crippen molar-refractivity contribution in [2.45, 2.75) is 4.90 Å². The lowest BCUT2D eigenvalue weighted by Crippen LogP contribution is -1.87. The molecule has 0 amide bonds. The first-order valence-electron chi connectivity index (χ1n) is 2.87. The van der Waals surface area contributed by atoms with Crippen LogP contribution in [0.3, 0.4) is 0 Å². The smallest absolute Gasteiger partial charge is 0.133 e. The standard InChI is InChI=1S/C7H6I2OS/c1-10-6-2-4(8)5(9)3-7(6)11/h2-3,11H,1H3. The van der Waals surface area contributed by atoms with E-state index in [1.807, 2.05) is 12.1 Å². The molecule has 0 aromatic heterocycles. The van der Waals surface area contributed by atoms with Gasteiger partial charge in [0.1, 0.15) is 5.75 Å². The first-order valence-corrected chi connectivity index (χ1v) is 5.47. The summed E-state index contributed by atoms with van der Waals surface area (Å²) in [6.45, 7) is 0. The lowest BCUT2D eigenvalue weighted by Gasteiger charge is -2.04. The maximum atomic E-state index is 5.10. The van der Waals surface area contributed by atoms with Crippen LogP contribution >= 0.6 is 57.8 Å². The van der Waals surface area contributed by atoms with Crippen LogP contribution in [0.15, 0.2) is 17.0 Å². The van der Waals surface area contributed by atoms with Crippen molar-refractivity contribution in [3.05, 3.63) is 19.3 Å². The van der Waals surface area contributed by atoms with Crippen LogP contribution in [0, 0.1) is 7.14 Å². The minimum Gasteiger partial charge on any atom is -0.496 e. The molecule has 0 heterocycles. The fraction of sp³-hybridized carbons (Fsp3) is 0.143. The first-order chi connectivity index (χ1) is 5.15. The summed E-state index contributed by atoms with van der Waals surface area (Å²) in [6.07, 6.45) is 0. The third-order valence-electron chi connectivity index (χ3n) is 1.22. The zero-order valence-electron chi connectivity index (χ0n) is 5.77. The molecule has 60 valence electrons. The fourth-order valence-electron chi connectivity index (χ4n) is 0.682. The molecule has 1 nitrogen and oxygen atoms in total. The molecule has 11 heavy (non-hydrogen) atoms. The maximum absolute atomic E-state index is 5.10. The van der Waals surface area contributed by atoms with Gasteiger partial charge in [0.05, 0.1) is 7.11 Å². The summed E-state index contributed by atoms with van der Waals surface area (Å²) in [5.74, 6) is 0.832. The summed E-state index contributed by atoms with van der Waals surface area (Å²) in [7, 11) is 1.65. The molecule has 0 aliphatic carbocycles. The number of methoxy groups -OCH3 is 1. The Bertz CT molecular complexity index is 275. The molecular weight excluding hydrogens is 386 g/mol. The number of halogens is 2. The largest absolute Gasteiger partial charge is 0.496 e. The second-order valence-electron chi connectivity index (χ2n) is 1.94. The van der Waals surface area contributed by atoms with Crippen LogP contribution in [0.1, 0.15) is 0 Å². The quantitative estimate of drug-likeness (QED) is 0.571. The Morgan fingerprint density at radius 3 is 2.36 bits per heavy atom. The number of hydrogen-bond donors (Lipinski definition) is 1. The van der Waals surface area contributed by atoms with E-state index in [9.17, 15) is 0 Å². The predicted octanol–water partition coefficient (Wildman–Crippen LogP) is 3.19. The van der Waals surface area contributed by atoms with E-state index in [4.69, 9.17) is 4.74 Å². The van der Waals surface area contributed by atoms with Gasteiger partial charge in [-0.3, -0.25) is 0 Å². The Morgan fingerprint density at radius 1 is 1.27 bits per heavy atom. The number of thiol groups is 1. The molecule has 0 unspecified atom stereocenters. The Hall–Kier alpha value is 0.830. The van der Waals surface area contributed by atoms with Crippen molar-refractivity contribution >= 4 is 57.8 Å². The van der Waals surface area contributed by atoms with E-state index < -0.39 is 0 Å². The summed E-state index contributed by atoms with van der Waals surface area (Å²) in [5.41, 5.74) is 0. The van der Waals surface area contributed by atoms with Gasteiger partial charge in [-0.25, -0.2) is 0 Å². The van der Waals surface area contributed by atoms with E-state index in [0.29, 0.717) is 0 Å². The summed E-state index contributed by atoms with van der Waals surface area (Å²) < 4.78 is 7.49. The van der Waals surface area contributed by atoms with Crippen molar-refractivity contribution in [3.63, 3.8) is 0 Å². The molecule has 4 heteroatoms. The van der Waals surface area contributed by atoms with E-state index in [0.717, 1.165) is 10.6 Å². The SMILES string of the molecule is COc1cc(I)c(I)cc1S. The molecule has 0 bridgehead atoms. The monoisotopic (exact) mass is 392 g/mol. The van der Waals surface area contributed by atoms with Crippen molar-refractivity contribution < 1.29 is 4.74 Å². The number of rotatable bonds is 1. The van der Waals surface area contributed by atoms with Crippen molar-refractivity contribution in [2.75, 3.05) is 7.11 Å². The van der Waals surface area contributed by atoms with Gasteiger partial charge in [0.15, 0.2) is 0 Å². The normalized spacial score (nSPS) is 9.82. The van der Waals surface area contributed by atoms with Crippen LogP contribution in [-0.4, -0.2) is 7.11 Å². The Labute approximate surface area is 98.6 Å². The van der Waals surface area contributed by atoms with E-state index in [-0.39, 0.29) is 0 Å². The molecule has 1 aromatic carbocycles. The third kappa shape index (κ3) is 2.38. The summed E-state index contributed by atoms with van der Waals surface area (Å²) in [6, 6.07) is 3.97. The number of benzene rings is 1. The van der Waals surface area contributed by atoms with Crippen molar-refractivity contribution in [1.29, 1.82) is 0 Å². The molecule has 0 aliphatic heterocycles. The molecule has 1 aromatic rings. The van der Waals surface area contributed by atoms with Crippen molar-refractivity contribution in [1.82, 2.24) is 0 Å². The van der Waals surface area contributed by atoms with Crippen LogP contribution in [0.25, 0.3) is 0 Å². The van der Waals surface area contributed by atoms with Crippen LogP contribution < -0.4 is 4.74 Å². The average Bonchev–Trinajstić information content (AvgIpc) is 1.97. The Balaban J connectivity index is 3.21. The first kappa shape index (κ1) is 9.91. The van der Waals surface area contributed by atoms with Gasteiger partial charge in [0.2, 0.25) is 0 Å². The van der Waals surface area contributed by atoms with Crippen LogP contribution in [0.2, 0.25) is 0 Å². The zero-order chi connectivity index (χ0) is 8.43. The van der Waals surface area contributed by atoms with Crippen LogP contribution in [0.5, 0.6) is 5.75 Å². The molecular formula is C7H6I2OS. The molecule has 0 N–H and O–H groups in total. The molecule has 0 fully saturated rings. The predicted molar refractivity (Wildman–Crippen MR) is 65.7 cm³/mol. The van der Waals surface area contributed by atoms with E-state index in [1.54, 1.807) is 7.11 Å². The molecule has 1 rings (SSSR count). The van der Waals surface area contributed by atoms with E-state index in [1.165, 1.54) is 7.14 Å². The Kier molecular flexibility index (Phi) is 3.76. The van der Waals surface area contributed by atoms with Gasteiger partial charge >= 0.3 is 0 Å². The topological polar surface area (TPSA) is 9.23 Å². The molecule has 0 radical (unpaired) electrons. The molecule has 0 aliphatic rings.